The number of terminal acetylenes is 1. The lowest BCUT2D eigenvalue weighted by molar-refractivity contribution is 0.0579. The van der Waals surface area contributed by atoms with Crippen LogP contribution in [0, 0.1) is 12.3 Å². The van der Waals surface area contributed by atoms with Gasteiger partial charge in [0.05, 0.1) is 11.4 Å². The summed E-state index contributed by atoms with van der Waals surface area (Å²) in [6.07, 6.45) is 5.04. The SMILES string of the molecule is C#Cc1ccc2c(n1)C(C)(C)CN2C(=O)OC(C)(C)C. The van der Waals surface area contributed by atoms with Gasteiger partial charge in [-0.15, -0.1) is 6.42 Å². The van der Waals surface area contributed by atoms with Crippen LogP contribution >= 0.6 is 0 Å². The average Bonchev–Trinajstić information content (AvgIpc) is 2.59. The van der Waals surface area contributed by atoms with Crippen molar-refractivity contribution in [2.45, 2.75) is 45.6 Å². The second kappa shape index (κ2) is 4.52. The first-order chi connectivity index (χ1) is 9.14. The number of rotatable bonds is 0. The lowest BCUT2D eigenvalue weighted by Crippen LogP contribution is -2.38. The zero-order chi connectivity index (χ0) is 15.1. The van der Waals surface area contributed by atoms with E-state index in [4.69, 9.17) is 11.2 Å². The van der Waals surface area contributed by atoms with E-state index in [1.165, 1.54) is 0 Å². The second-order valence-corrected chi connectivity index (χ2v) is 6.66. The van der Waals surface area contributed by atoms with Gasteiger partial charge in [0, 0.05) is 12.0 Å². The van der Waals surface area contributed by atoms with Crippen molar-refractivity contribution >= 4 is 11.8 Å². The number of fused-ring (bicyclic) bond motifs is 1. The molecule has 1 amide bonds. The highest BCUT2D eigenvalue weighted by molar-refractivity contribution is 5.91. The van der Waals surface area contributed by atoms with Gasteiger partial charge in [-0.05, 0) is 32.9 Å². The first-order valence-electron chi connectivity index (χ1n) is 6.63. The zero-order valence-corrected chi connectivity index (χ0v) is 12.7. The van der Waals surface area contributed by atoms with E-state index in [2.05, 4.69) is 10.9 Å². The molecule has 2 heterocycles. The Morgan fingerprint density at radius 3 is 2.65 bits per heavy atom. The van der Waals surface area contributed by atoms with Gasteiger partial charge >= 0.3 is 6.09 Å². The van der Waals surface area contributed by atoms with Crippen LogP contribution in [0.5, 0.6) is 0 Å². The molecule has 1 aromatic rings. The Balaban J connectivity index is 2.39. The highest BCUT2D eigenvalue weighted by Gasteiger charge is 2.41. The highest BCUT2D eigenvalue weighted by atomic mass is 16.6. The molecule has 0 fully saturated rings. The lowest BCUT2D eigenvalue weighted by atomic mass is 9.91. The molecule has 1 aliphatic rings. The molecule has 0 aromatic carbocycles. The first-order valence-corrected chi connectivity index (χ1v) is 6.63. The molecule has 0 atom stereocenters. The van der Waals surface area contributed by atoms with Crippen molar-refractivity contribution in [3.05, 3.63) is 23.5 Å². The molecule has 2 rings (SSSR count). The zero-order valence-electron chi connectivity index (χ0n) is 12.7. The normalized spacial score (nSPS) is 16.5. The highest BCUT2D eigenvalue weighted by Crippen LogP contribution is 2.39. The maximum absolute atomic E-state index is 12.3. The van der Waals surface area contributed by atoms with Crippen molar-refractivity contribution < 1.29 is 9.53 Å². The fourth-order valence-corrected chi connectivity index (χ4v) is 2.28. The Labute approximate surface area is 120 Å². The molecule has 0 saturated carbocycles. The fraction of sp³-hybridized carbons (Fsp3) is 0.500. The van der Waals surface area contributed by atoms with Crippen LogP contribution in [-0.2, 0) is 10.2 Å². The Morgan fingerprint density at radius 1 is 1.45 bits per heavy atom. The third kappa shape index (κ3) is 2.62. The number of hydrogen-bond donors (Lipinski definition) is 0. The minimum atomic E-state index is -0.518. The van der Waals surface area contributed by atoms with Gasteiger partial charge in [-0.25, -0.2) is 9.78 Å². The molecule has 0 bridgehead atoms. The minimum absolute atomic E-state index is 0.237. The van der Waals surface area contributed by atoms with E-state index in [0.29, 0.717) is 12.2 Å². The number of nitrogens with zero attached hydrogens (tertiary/aromatic N) is 2. The maximum Gasteiger partial charge on any atom is 0.414 e. The molecule has 0 saturated heterocycles. The van der Waals surface area contributed by atoms with Gasteiger partial charge in [-0.2, -0.15) is 0 Å². The monoisotopic (exact) mass is 272 g/mol. The van der Waals surface area contributed by atoms with Crippen LogP contribution in [0.25, 0.3) is 0 Å². The van der Waals surface area contributed by atoms with Crippen LogP contribution in [0.4, 0.5) is 10.5 Å². The summed E-state index contributed by atoms with van der Waals surface area (Å²) in [5.41, 5.74) is 1.46. The number of anilines is 1. The number of hydrogen-bond acceptors (Lipinski definition) is 3. The van der Waals surface area contributed by atoms with Crippen LogP contribution in [0.1, 0.15) is 46.0 Å². The third-order valence-electron chi connectivity index (χ3n) is 3.12. The summed E-state index contributed by atoms with van der Waals surface area (Å²) in [6.45, 7) is 10.2. The van der Waals surface area contributed by atoms with E-state index < -0.39 is 5.60 Å². The van der Waals surface area contributed by atoms with E-state index in [-0.39, 0.29) is 11.5 Å². The predicted octanol–water partition coefficient (Wildman–Crippen LogP) is 3.10. The maximum atomic E-state index is 12.3. The van der Waals surface area contributed by atoms with Crippen molar-refractivity contribution in [3.63, 3.8) is 0 Å². The van der Waals surface area contributed by atoms with Gasteiger partial charge in [-0.1, -0.05) is 19.8 Å². The topological polar surface area (TPSA) is 42.4 Å². The van der Waals surface area contributed by atoms with Gasteiger partial charge in [0.2, 0.25) is 0 Å². The molecule has 1 aromatic heterocycles. The smallest absolute Gasteiger partial charge is 0.414 e. The van der Waals surface area contributed by atoms with Crippen LogP contribution < -0.4 is 4.90 Å². The van der Waals surface area contributed by atoms with Crippen LogP contribution in [-0.4, -0.2) is 23.2 Å². The molecule has 4 heteroatoms. The molecule has 0 aliphatic carbocycles. The summed E-state index contributed by atoms with van der Waals surface area (Å²) in [6, 6.07) is 3.59. The van der Waals surface area contributed by atoms with E-state index in [0.717, 1.165) is 11.4 Å². The molecule has 4 nitrogen and oxygen atoms in total. The van der Waals surface area contributed by atoms with Gasteiger partial charge in [0.1, 0.15) is 11.3 Å². The van der Waals surface area contributed by atoms with Gasteiger partial charge < -0.3 is 4.74 Å². The summed E-state index contributed by atoms with van der Waals surface area (Å²) in [4.78, 5) is 18.4. The van der Waals surface area contributed by atoms with Gasteiger partial charge in [-0.3, -0.25) is 4.90 Å². The Hall–Kier alpha value is -2.02. The van der Waals surface area contributed by atoms with Crippen molar-refractivity contribution in [3.8, 4) is 12.3 Å². The van der Waals surface area contributed by atoms with Crippen molar-refractivity contribution in [2.75, 3.05) is 11.4 Å². The van der Waals surface area contributed by atoms with Crippen LogP contribution in [0.15, 0.2) is 12.1 Å². The molecule has 0 radical (unpaired) electrons. The number of carbonyl (C=O) groups is 1. The van der Waals surface area contributed by atoms with E-state index in [1.54, 1.807) is 11.0 Å². The summed E-state index contributed by atoms with van der Waals surface area (Å²) >= 11 is 0. The Morgan fingerprint density at radius 2 is 2.10 bits per heavy atom. The molecule has 106 valence electrons. The van der Waals surface area contributed by atoms with Gasteiger partial charge in [0.25, 0.3) is 0 Å². The van der Waals surface area contributed by atoms with E-state index >= 15 is 0 Å². The standard InChI is InChI=1S/C16H20N2O2/c1-7-11-8-9-12-13(17-11)16(5,6)10-18(12)14(19)20-15(2,3)4/h1,8-9H,10H2,2-6H3. The number of aromatic nitrogens is 1. The number of amides is 1. The molecular weight excluding hydrogens is 252 g/mol. The summed E-state index contributed by atoms with van der Waals surface area (Å²) in [7, 11) is 0. The number of pyridine rings is 1. The molecule has 20 heavy (non-hydrogen) atoms. The van der Waals surface area contributed by atoms with Crippen LogP contribution in [0.3, 0.4) is 0 Å². The quantitative estimate of drug-likeness (QED) is 0.682. The third-order valence-corrected chi connectivity index (χ3v) is 3.12. The first kappa shape index (κ1) is 14.4. The predicted molar refractivity (Wildman–Crippen MR) is 78.8 cm³/mol. The fourth-order valence-electron chi connectivity index (χ4n) is 2.28. The molecule has 1 aliphatic heterocycles. The van der Waals surface area contributed by atoms with Crippen molar-refractivity contribution in [1.29, 1.82) is 0 Å². The van der Waals surface area contributed by atoms with Crippen LogP contribution in [0.2, 0.25) is 0 Å². The molecular formula is C16H20N2O2. The van der Waals surface area contributed by atoms with Crippen molar-refractivity contribution in [1.82, 2.24) is 4.98 Å². The molecule has 0 N–H and O–H groups in total. The summed E-state index contributed by atoms with van der Waals surface area (Å²) in [5, 5.41) is 0. The molecule has 0 spiro atoms. The number of ether oxygens (including phenoxy) is 1. The lowest BCUT2D eigenvalue weighted by Gasteiger charge is -2.25. The summed E-state index contributed by atoms with van der Waals surface area (Å²) < 4.78 is 5.45. The molecule has 0 unspecified atom stereocenters. The van der Waals surface area contributed by atoms with E-state index in [9.17, 15) is 4.79 Å². The Bertz CT molecular complexity index is 591. The van der Waals surface area contributed by atoms with Crippen molar-refractivity contribution in [2.24, 2.45) is 0 Å². The second-order valence-electron chi connectivity index (χ2n) is 6.66. The largest absolute Gasteiger partial charge is 0.443 e. The van der Waals surface area contributed by atoms with Gasteiger partial charge in [0.15, 0.2) is 0 Å². The summed E-state index contributed by atoms with van der Waals surface area (Å²) in [5.74, 6) is 2.53. The average molecular weight is 272 g/mol. The minimum Gasteiger partial charge on any atom is -0.443 e. The Kier molecular flexibility index (Phi) is 3.25. The number of carbonyl (C=O) groups excluding carboxylic acids is 1. The van der Waals surface area contributed by atoms with E-state index in [1.807, 2.05) is 40.7 Å².